The molecule has 0 aliphatic carbocycles. The van der Waals surface area contributed by atoms with Crippen molar-refractivity contribution in [1.82, 2.24) is 10.2 Å². The van der Waals surface area contributed by atoms with E-state index in [1.54, 1.807) is 18.2 Å². The van der Waals surface area contributed by atoms with E-state index in [1.807, 2.05) is 75.4 Å². The molecule has 3 aromatic rings. The van der Waals surface area contributed by atoms with Crippen LogP contribution >= 0.6 is 0 Å². The number of sulfonamides is 1. The van der Waals surface area contributed by atoms with E-state index in [1.165, 1.54) is 4.90 Å². The van der Waals surface area contributed by atoms with Gasteiger partial charge in [-0.15, -0.1) is 0 Å². The zero-order valence-corrected chi connectivity index (χ0v) is 24.7. The number of ether oxygens (including phenoxy) is 2. The lowest BCUT2D eigenvalue weighted by Crippen LogP contribution is -2.54. The van der Waals surface area contributed by atoms with Gasteiger partial charge >= 0.3 is 0 Å². The molecule has 0 unspecified atom stereocenters. The van der Waals surface area contributed by atoms with Crippen molar-refractivity contribution in [2.24, 2.45) is 0 Å². The van der Waals surface area contributed by atoms with Crippen molar-refractivity contribution >= 4 is 27.5 Å². The molecular formula is C31H37N3O6S. The molecule has 0 fully saturated rings. The zero-order chi connectivity index (χ0) is 29.6. The van der Waals surface area contributed by atoms with Gasteiger partial charge in [-0.1, -0.05) is 61.5 Å². The Balaban J connectivity index is 1.74. The largest absolute Gasteiger partial charge is 0.454 e. The third-order valence-corrected chi connectivity index (χ3v) is 8.34. The second-order valence-corrected chi connectivity index (χ2v) is 12.2. The van der Waals surface area contributed by atoms with Gasteiger partial charge in [-0.25, -0.2) is 8.42 Å². The summed E-state index contributed by atoms with van der Waals surface area (Å²) in [7, 11) is -3.88. The van der Waals surface area contributed by atoms with Gasteiger partial charge in [-0.05, 0) is 49.1 Å². The number of aryl methyl sites for hydroxylation is 1. The minimum atomic E-state index is -3.88. The highest BCUT2D eigenvalue weighted by atomic mass is 32.2. The van der Waals surface area contributed by atoms with Crippen LogP contribution < -0.4 is 19.1 Å². The molecule has 10 heteroatoms. The maximum atomic E-state index is 14.2. The summed E-state index contributed by atoms with van der Waals surface area (Å²) in [4.78, 5) is 29.4. The van der Waals surface area contributed by atoms with Crippen LogP contribution in [-0.2, 0) is 32.6 Å². The summed E-state index contributed by atoms with van der Waals surface area (Å²) < 4.78 is 37.8. The zero-order valence-electron chi connectivity index (χ0n) is 23.9. The average molecular weight is 580 g/mol. The minimum Gasteiger partial charge on any atom is -0.454 e. The van der Waals surface area contributed by atoms with Crippen molar-refractivity contribution in [2.45, 2.75) is 52.2 Å². The number of rotatable bonds is 12. The molecule has 1 aliphatic rings. The third-order valence-electron chi connectivity index (χ3n) is 7.20. The standard InChI is InChI=1S/C31H37N3O6S/c1-5-23(3)32-31(36)27(17-24-12-7-6-8-13-24)33(19-25-14-10-9-11-22(25)2)30(35)20-34(41(4,37)38)26-15-16-28-29(18-26)40-21-39-28/h6-16,18,23,27H,5,17,19-21H2,1-4H3,(H,32,36)/t23-,27+/m1/s1. The molecule has 0 saturated heterocycles. The molecule has 0 saturated carbocycles. The van der Waals surface area contributed by atoms with E-state index in [2.05, 4.69) is 5.32 Å². The summed E-state index contributed by atoms with van der Waals surface area (Å²) in [6.07, 6.45) is 2.04. The summed E-state index contributed by atoms with van der Waals surface area (Å²) in [5, 5.41) is 3.03. The first-order valence-corrected chi connectivity index (χ1v) is 15.5. The predicted molar refractivity (Wildman–Crippen MR) is 158 cm³/mol. The van der Waals surface area contributed by atoms with Crippen molar-refractivity contribution in [3.8, 4) is 11.5 Å². The van der Waals surface area contributed by atoms with E-state index >= 15 is 0 Å². The Bertz CT molecular complexity index is 1480. The molecule has 2 amide bonds. The maximum Gasteiger partial charge on any atom is 0.244 e. The lowest BCUT2D eigenvalue weighted by atomic mass is 10.0. The van der Waals surface area contributed by atoms with Crippen LogP contribution in [0.3, 0.4) is 0 Å². The Labute approximate surface area is 242 Å². The second-order valence-electron chi connectivity index (χ2n) is 10.3. The molecule has 0 aromatic heterocycles. The highest BCUT2D eigenvalue weighted by Gasteiger charge is 2.34. The normalized spacial score (nSPS) is 13.8. The first kappa shape index (κ1) is 29.9. The third kappa shape index (κ3) is 7.58. The van der Waals surface area contributed by atoms with Crippen LogP contribution in [0.4, 0.5) is 5.69 Å². The fourth-order valence-corrected chi connectivity index (χ4v) is 5.46. The molecule has 1 aliphatic heterocycles. The van der Waals surface area contributed by atoms with Crippen LogP contribution in [0.1, 0.15) is 37.0 Å². The highest BCUT2D eigenvalue weighted by Crippen LogP contribution is 2.36. The lowest BCUT2D eigenvalue weighted by Gasteiger charge is -2.34. The van der Waals surface area contributed by atoms with Gasteiger partial charge in [0.15, 0.2) is 11.5 Å². The fourth-order valence-electron chi connectivity index (χ4n) is 4.62. The molecule has 2 atom stereocenters. The smallest absolute Gasteiger partial charge is 0.244 e. The summed E-state index contributed by atoms with van der Waals surface area (Å²) >= 11 is 0. The van der Waals surface area contributed by atoms with Gasteiger partial charge < -0.3 is 19.7 Å². The summed E-state index contributed by atoms with van der Waals surface area (Å²) in [5.74, 6) is 0.102. The average Bonchev–Trinajstić information content (AvgIpc) is 3.42. The fraction of sp³-hybridized carbons (Fsp3) is 0.355. The van der Waals surface area contributed by atoms with Crippen LogP contribution in [-0.4, -0.2) is 56.8 Å². The van der Waals surface area contributed by atoms with E-state index < -0.39 is 28.5 Å². The quantitative estimate of drug-likeness (QED) is 0.347. The number of amides is 2. The number of hydrogen-bond acceptors (Lipinski definition) is 6. The van der Waals surface area contributed by atoms with Crippen molar-refractivity contribution in [1.29, 1.82) is 0 Å². The van der Waals surface area contributed by atoms with E-state index in [9.17, 15) is 18.0 Å². The Morgan fingerprint density at radius 1 is 0.976 bits per heavy atom. The monoisotopic (exact) mass is 579 g/mol. The molecule has 41 heavy (non-hydrogen) atoms. The molecule has 0 bridgehead atoms. The molecule has 0 spiro atoms. The summed E-state index contributed by atoms with van der Waals surface area (Å²) in [6, 6.07) is 20.9. The van der Waals surface area contributed by atoms with Gasteiger partial charge in [-0.3, -0.25) is 13.9 Å². The molecule has 4 rings (SSSR count). The second kappa shape index (κ2) is 13.1. The number of nitrogens with zero attached hydrogens (tertiary/aromatic N) is 2. The van der Waals surface area contributed by atoms with Crippen LogP contribution in [0.25, 0.3) is 0 Å². The number of anilines is 1. The topological polar surface area (TPSA) is 105 Å². The van der Waals surface area contributed by atoms with E-state index in [0.717, 1.165) is 33.7 Å². The molecule has 0 radical (unpaired) electrons. The van der Waals surface area contributed by atoms with Crippen LogP contribution in [0.2, 0.25) is 0 Å². The number of carbonyl (C=O) groups is 2. The molecule has 9 nitrogen and oxygen atoms in total. The highest BCUT2D eigenvalue weighted by molar-refractivity contribution is 7.92. The van der Waals surface area contributed by atoms with E-state index in [-0.39, 0.29) is 37.4 Å². The molecule has 1 N–H and O–H groups in total. The minimum absolute atomic E-state index is 0.0350. The van der Waals surface area contributed by atoms with Crippen molar-refractivity contribution < 1.29 is 27.5 Å². The molecular weight excluding hydrogens is 542 g/mol. The number of fused-ring (bicyclic) bond motifs is 1. The Hall–Kier alpha value is -4.05. The predicted octanol–water partition coefficient (Wildman–Crippen LogP) is 4.04. The van der Waals surface area contributed by atoms with Crippen molar-refractivity contribution in [2.75, 3.05) is 23.9 Å². The molecule has 1 heterocycles. The Morgan fingerprint density at radius 2 is 1.66 bits per heavy atom. The van der Waals surface area contributed by atoms with E-state index in [4.69, 9.17) is 9.47 Å². The number of hydrogen-bond donors (Lipinski definition) is 1. The first-order chi connectivity index (χ1) is 19.6. The number of carbonyl (C=O) groups excluding carboxylic acids is 2. The van der Waals surface area contributed by atoms with E-state index in [0.29, 0.717) is 11.5 Å². The molecule has 218 valence electrons. The Morgan fingerprint density at radius 3 is 2.34 bits per heavy atom. The van der Waals surface area contributed by atoms with Crippen LogP contribution in [0, 0.1) is 6.92 Å². The summed E-state index contributed by atoms with van der Waals surface area (Å²) in [6.45, 7) is 5.51. The summed E-state index contributed by atoms with van der Waals surface area (Å²) in [5.41, 5.74) is 2.98. The first-order valence-electron chi connectivity index (χ1n) is 13.6. The number of nitrogens with one attached hydrogen (secondary N) is 1. The van der Waals surface area contributed by atoms with Gasteiger partial charge in [0, 0.05) is 25.1 Å². The van der Waals surface area contributed by atoms with Gasteiger partial charge in [0.25, 0.3) is 0 Å². The van der Waals surface area contributed by atoms with Crippen LogP contribution in [0.15, 0.2) is 72.8 Å². The Kier molecular flexibility index (Phi) is 9.54. The van der Waals surface area contributed by atoms with Gasteiger partial charge in [0.2, 0.25) is 28.6 Å². The number of benzene rings is 3. The maximum absolute atomic E-state index is 14.2. The SMILES string of the molecule is CC[C@@H](C)NC(=O)[C@H](Cc1ccccc1)N(Cc1ccccc1C)C(=O)CN(c1ccc2c(c1)OCO2)S(C)(=O)=O. The van der Waals surface area contributed by atoms with Gasteiger partial charge in [0.05, 0.1) is 11.9 Å². The molecule has 3 aromatic carbocycles. The van der Waals surface area contributed by atoms with Crippen molar-refractivity contribution in [3.05, 3.63) is 89.5 Å². The van der Waals surface area contributed by atoms with Gasteiger partial charge in [0.1, 0.15) is 12.6 Å². The van der Waals surface area contributed by atoms with Crippen LogP contribution in [0.5, 0.6) is 11.5 Å². The lowest BCUT2D eigenvalue weighted by molar-refractivity contribution is -0.140. The van der Waals surface area contributed by atoms with Gasteiger partial charge in [-0.2, -0.15) is 0 Å². The van der Waals surface area contributed by atoms with Crippen molar-refractivity contribution in [3.63, 3.8) is 0 Å².